The van der Waals surface area contributed by atoms with E-state index in [0.717, 1.165) is 0 Å². The zero-order chi connectivity index (χ0) is 20.0. The van der Waals surface area contributed by atoms with Crippen LogP contribution in [0.25, 0.3) is 0 Å². The van der Waals surface area contributed by atoms with Crippen LogP contribution >= 0.6 is 23.2 Å². The van der Waals surface area contributed by atoms with Crippen LogP contribution in [0.2, 0.25) is 10.0 Å². The highest BCUT2D eigenvalue weighted by atomic mass is 35.5. The molecule has 2 rings (SSSR count). The van der Waals surface area contributed by atoms with E-state index in [-0.39, 0.29) is 23.3 Å². The number of esters is 1. The third-order valence-electron chi connectivity index (χ3n) is 3.70. The Bertz CT molecular complexity index is 806. The van der Waals surface area contributed by atoms with E-state index in [9.17, 15) is 9.59 Å². The van der Waals surface area contributed by atoms with E-state index in [2.05, 4.69) is 5.32 Å². The zero-order valence-corrected chi connectivity index (χ0v) is 16.8. The van der Waals surface area contributed by atoms with Gasteiger partial charge in [-0.2, -0.15) is 0 Å². The summed E-state index contributed by atoms with van der Waals surface area (Å²) in [6.45, 7) is 3.51. The molecule has 0 heterocycles. The summed E-state index contributed by atoms with van der Waals surface area (Å²) >= 11 is 11.9. The maximum absolute atomic E-state index is 12.6. The normalized spacial score (nSPS) is 11.8. The minimum atomic E-state index is -0.845. The average Bonchev–Trinajstić information content (AvgIpc) is 2.63. The second kappa shape index (κ2) is 9.62. The van der Waals surface area contributed by atoms with Crippen molar-refractivity contribution in [2.75, 3.05) is 12.4 Å². The van der Waals surface area contributed by atoms with Crippen molar-refractivity contribution in [2.24, 2.45) is 0 Å². The van der Waals surface area contributed by atoms with Crippen molar-refractivity contribution in [3.63, 3.8) is 0 Å². The lowest BCUT2D eigenvalue weighted by Crippen LogP contribution is -2.35. The molecule has 0 fully saturated rings. The first-order valence-electron chi connectivity index (χ1n) is 8.39. The molecule has 5 nitrogen and oxygen atoms in total. The Morgan fingerprint density at radius 3 is 2.26 bits per heavy atom. The summed E-state index contributed by atoms with van der Waals surface area (Å²) in [6.07, 6.45) is -0.382. The van der Waals surface area contributed by atoms with Crippen LogP contribution in [0.1, 0.15) is 30.6 Å². The number of rotatable bonds is 8. The molecule has 0 unspecified atom stereocenters. The van der Waals surface area contributed by atoms with Gasteiger partial charge in [-0.05, 0) is 56.3 Å². The first kappa shape index (κ1) is 21.1. The van der Waals surface area contributed by atoms with Gasteiger partial charge < -0.3 is 14.8 Å². The van der Waals surface area contributed by atoms with Crippen molar-refractivity contribution < 1.29 is 19.1 Å². The Balaban J connectivity index is 2.18. The van der Waals surface area contributed by atoms with E-state index < -0.39 is 12.0 Å². The van der Waals surface area contributed by atoms with Crippen LogP contribution in [0, 0.1) is 0 Å². The predicted octanol–water partition coefficient (Wildman–Crippen LogP) is 5.01. The monoisotopic (exact) mass is 409 g/mol. The van der Waals surface area contributed by atoms with E-state index in [0.29, 0.717) is 22.0 Å². The van der Waals surface area contributed by atoms with Gasteiger partial charge in [-0.25, -0.2) is 4.79 Å². The van der Waals surface area contributed by atoms with Crippen LogP contribution < -0.4 is 10.1 Å². The second-order valence-electron chi connectivity index (χ2n) is 6.17. The van der Waals surface area contributed by atoms with Gasteiger partial charge in [0.05, 0.1) is 23.3 Å². The molecule has 1 atom stereocenters. The first-order valence-corrected chi connectivity index (χ1v) is 9.15. The number of carbonyl (C=O) groups excluding carboxylic acids is 2. The van der Waals surface area contributed by atoms with Crippen molar-refractivity contribution in [1.82, 2.24) is 0 Å². The lowest BCUT2D eigenvalue weighted by molar-refractivity contribution is -0.148. The summed E-state index contributed by atoms with van der Waals surface area (Å²) in [5, 5.41) is 3.70. The number of ether oxygens (including phenoxy) is 2. The Hall–Kier alpha value is -2.24. The summed E-state index contributed by atoms with van der Waals surface area (Å²) in [6, 6.07) is 10.8. The van der Waals surface area contributed by atoms with Crippen molar-refractivity contribution in [3.05, 3.63) is 58.1 Å². The lowest BCUT2D eigenvalue weighted by atomic mass is 10.0. The van der Waals surface area contributed by atoms with Crippen LogP contribution in [0.3, 0.4) is 0 Å². The van der Waals surface area contributed by atoms with Gasteiger partial charge in [0.1, 0.15) is 11.8 Å². The van der Waals surface area contributed by atoms with Crippen LogP contribution in [0.4, 0.5) is 5.69 Å². The topological polar surface area (TPSA) is 64.6 Å². The van der Waals surface area contributed by atoms with Gasteiger partial charge in [0, 0.05) is 17.7 Å². The molecule has 0 aromatic heterocycles. The van der Waals surface area contributed by atoms with Gasteiger partial charge in [0.2, 0.25) is 0 Å². The van der Waals surface area contributed by atoms with Gasteiger partial charge in [-0.15, -0.1) is 0 Å². The van der Waals surface area contributed by atoms with Crippen LogP contribution in [-0.4, -0.2) is 31.0 Å². The summed E-state index contributed by atoms with van der Waals surface area (Å²) in [5.74, 6) is -0.0664. The summed E-state index contributed by atoms with van der Waals surface area (Å²) < 4.78 is 10.4. The first-order chi connectivity index (χ1) is 12.8. The molecule has 0 saturated heterocycles. The number of Topliss-reactive ketones (excluding diaryl/α,β-unsaturated/α-hetero) is 1. The third-order valence-corrected chi connectivity index (χ3v) is 4.44. The molecule has 0 radical (unpaired) electrons. The molecule has 2 aromatic rings. The number of benzene rings is 2. The Labute approximate surface area is 168 Å². The van der Waals surface area contributed by atoms with E-state index in [1.54, 1.807) is 57.4 Å². The maximum atomic E-state index is 12.6. The van der Waals surface area contributed by atoms with Crippen LogP contribution in [-0.2, 0) is 9.53 Å². The molecule has 0 spiro atoms. The molecule has 0 aliphatic carbocycles. The van der Waals surface area contributed by atoms with Crippen molar-refractivity contribution in [2.45, 2.75) is 32.4 Å². The van der Waals surface area contributed by atoms with Gasteiger partial charge >= 0.3 is 5.97 Å². The summed E-state index contributed by atoms with van der Waals surface area (Å²) in [7, 11) is 1.57. The number of methoxy groups -OCH3 is 1. The SMILES string of the molecule is COc1ccc(N[C@@H](CC(=O)c2ccc(Cl)c(Cl)c2)C(=O)OC(C)C)cc1. The number of nitrogens with one attached hydrogen (secondary N) is 1. The Morgan fingerprint density at radius 1 is 1.04 bits per heavy atom. The quantitative estimate of drug-likeness (QED) is 0.490. The second-order valence-corrected chi connectivity index (χ2v) is 6.98. The number of hydrogen-bond donors (Lipinski definition) is 1. The lowest BCUT2D eigenvalue weighted by Gasteiger charge is -2.20. The fourth-order valence-corrected chi connectivity index (χ4v) is 2.67. The van der Waals surface area contributed by atoms with E-state index in [1.165, 1.54) is 6.07 Å². The number of carbonyl (C=O) groups is 2. The number of anilines is 1. The largest absolute Gasteiger partial charge is 0.497 e. The minimum Gasteiger partial charge on any atom is -0.497 e. The van der Waals surface area contributed by atoms with Crippen molar-refractivity contribution in [1.29, 1.82) is 0 Å². The maximum Gasteiger partial charge on any atom is 0.329 e. The third kappa shape index (κ3) is 6.15. The van der Waals surface area contributed by atoms with Crippen LogP contribution in [0.5, 0.6) is 5.75 Å². The smallest absolute Gasteiger partial charge is 0.329 e. The molecule has 1 N–H and O–H groups in total. The number of ketones is 1. The van der Waals surface area contributed by atoms with E-state index in [4.69, 9.17) is 32.7 Å². The highest BCUT2D eigenvalue weighted by Crippen LogP contribution is 2.24. The molecule has 2 aromatic carbocycles. The minimum absolute atomic E-state index is 0.0878. The zero-order valence-electron chi connectivity index (χ0n) is 15.3. The summed E-state index contributed by atoms with van der Waals surface area (Å²) in [4.78, 5) is 25.1. The van der Waals surface area contributed by atoms with Gasteiger partial charge in [-0.3, -0.25) is 4.79 Å². The fraction of sp³-hybridized carbons (Fsp3) is 0.300. The average molecular weight is 410 g/mol. The molecule has 7 heteroatoms. The van der Waals surface area contributed by atoms with Crippen molar-refractivity contribution >= 4 is 40.6 Å². The molecule has 0 bridgehead atoms. The molecule has 0 amide bonds. The molecule has 0 saturated carbocycles. The highest BCUT2D eigenvalue weighted by Gasteiger charge is 2.25. The van der Waals surface area contributed by atoms with E-state index >= 15 is 0 Å². The molecular weight excluding hydrogens is 389 g/mol. The van der Waals surface area contributed by atoms with Gasteiger partial charge in [-0.1, -0.05) is 23.2 Å². The molecule has 0 aliphatic rings. The Kier molecular flexibility index (Phi) is 7.51. The molecule has 0 aliphatic heterocycles. The summed E-state index contributed by atoms with van der Waals surface area (Å²) in [5.41, 5.74) is 1.05. The number of hydrogen-bond acceptors (Lipinski definition) is 5. The number of halogens is 2. The Morgan fingerprint density at radius 2 is 1.70 bits per heavy atom. The standard InChI is InChI=1S/C20H21Cl2NO4/c1-12(2)27-20(25)18(23-14-5-7-15(26-3)8-6-14)11-19(24)13-4-9-16(21)17(22)10-13/h4-10,12,18,23H,11H2,1-3H3/t18-/m0/s1. The van der Waals surface area contributed by atoms with Gasteiger partial charge in [0.15, 0.2) is 5.78 Å². The van der Waals surface area contributed by atoms with E-state index in [1.807, 2.05) is 0 Å². The molecule has 27 heavy (non-hydrogen) atoms. The highest BCUT2D eigenvalue weighted by molar-refractivity contribution is 6.42. The predicted molar refractivity (Wildman–Crippen MR) is 107 cm³/mol. The van der Waals surface area contributed by atoms with Gasteiger partial charge in [0.25, 0.3) is 0 Å². The molecular formula is C20H21Cl2NO4. The van der Waals surface area contributed by atoms with Crippen LogP contribution in [0.15, 0.2) is 42.5 Å². The molecule has 144 valence electrons. The fourth-order valence-electron chi connectivity index (χ4n) is 2.37. The van der Waals surface area contributed by atoms with Crippen molar-refractivity contribution in [3.8, 4) is 5.75 Å².